The summed E-state index contributed by atoms with van der Waals surface area (Å²) in [7, 11) is 1.76. The Balaban J connectivity index is 2.14. The minimum Gasteiger partial charge on any atom is -0.389 e. The fourth-order valence-electron chi connectivity index (χ4n) is 2.20. The van der Waals surface area contributed by atoms with Crippen LogP contribution in [0.25, 0.3) is 0 Å². The van der Waals surface area contributed by atoms with Crippen LogP contribution in [0.5, 0.6) is 0 Å². The van der Waals surface area contributed by atoms with Gasteiger partial charge >= 0.3 is 0 Å². The summed E-state index contributed by atoms with van der Waals surface area (Å²) < 4.78 is 5.57. The molecule has 0 amide bonds. The first kappa shape index (κ1) is 13.6. The van der Waals surface area contributed by atoms with Gasteiger partial charge in [0.1, 0.15) is 4.99 Å². The maximum Gasteiger partial charge on any atom is 0.107 e. The molecule has 1 saturated carbocycles. The standard InChI is InChI=1S/C13H17ClN2OS/c1-17-13(6-3-7-13)8-16-10-5-2-4-9(14)11(10)12(15)18/h2,4-5,16H,3,6-8H2,1H3,(H2,15,18). The second kappa shape index (κ2) is 5.43. The Labute approximate surface area is 118 Å². The van der Waals surface area contributed by atoms with Gasteiger partial charge in [0, 0.05) is 19.3 Å². The summed E-state index contributed by atoms with van der Waals surface area (Å²) in [6.45, 7) is 0.749. The lowest BCUT2D eigenvalue weighted by Gasteiger charge is -2.40. The first-order valence-corrected chi connectivity index (χ1v) is 6.74. The number of nitrogens with one attached hydrogen (secondary N) is 1. The van der Waals surface area contributed by atoms with E-state index in [0.717, 1.165) is 25.1 Å². The second-order valence-electron chi connectivity index (χ2n) is 4.62. The van der Waals surface area contributed by atoms with Gasteiger partial charge in [0.25, 0.3) is 0 Å². The SMILES string of the molecule is COC1(CNc2cccc(Cl)c2C(N)=S)CCC1. The summed E-state index contributed by atoms with van der Waals surface area (Å²) in [6, 6.07) is 5.60. The van der Waals surface area contributed by atoms with Crippen molar-refractivity contribution in [1.82, 2.24) is 0 Å². The molecular weight excluding hydrogens is 268 g/mol. The highest BCUT2D eigenvalue weighted by Gasteiger charge is 2.36. The number of anilines is 1. The molecule has 0 unspecified atom stereocenters. The van der Waals surface area contributed by atoms with E-state index in [1.54, 1.807) is 13.2 Å². The van der Waals surface area contributed by atoms with E-state index >= 15 is 0 Å². The number of hydrogen-bond donors (Lipinski definition) is 2. The first-order valence-electron chi connectivity index (χ1n) is 5.95. The number of ether oxygens (including phenoxy) is 1. The molecule has 1 aromatic rings. The first-order chi connectivity index (χ1) is 8.58. The predicted molar refractivity (Wildman–Crippen MR) is 79.4 cm³/mol. The lowest BCUT2D eigenvalue weighted by Crippen LogP contribution is -2.45. The Hall–Kier alpha value is -0.840. The van der Waals surface area contributed by atoms with E-state index in [2.05, 4.69) is 5.32 Å². The van der Waals surface area contributed by atoms with Crippen molar-refractivity contribution in [3.63, 3.8) is 0 Å². The van der Waals surface area contributed by atoms with Crippen LogP contribution in [0.15, 0.2) is 18.2 Å². The van der Waals surface area contributed by atoms with Crippen molar-refractivity contribution in [2.75, 3.05) is 19.0 Å². The van der Waals surface area contributed by atoms with Crippen LogP contribution in [0.4, 0.5) is 5.69 Å². The van der Waals surface area contributed by atoms with Crippen LogP contribution < -0.4 is 11.1 Å². The van der Waals surface area contributed by atoms with E-state index in [-0.39, 0.29) is 5.60 Å². The van der Waals surface area contributed by atoms with Crippen LogP contribution >= 0.6 is 23.8 Å². The van der Waals surface area contributed by atoms with Crippen LogP contribution in [0.3, 0.4) is 0 Å². The Kier molecular flexibility index (Phi) is 4.10. The smallest absolute Gasteiger partial charge is 0.107 e. The molecule has 1 aliphatic carbocycles. The van der Waals surface area contributed by atoms with E-state index in [1.807, 2.05) is 12.1 Å². The molecule has 98 valence electrons. The summed E-state index contributed by atoms with van der Waals surface area (Å²) in [5.41, 5.74) is 7.25. The van der Waals surface area contributed by atoms with Gasteiger partial charge in [-0.1, -0.05) is 29.9 Å². The van der Waals surface area contributed by atoms with Crippen LogP contribution in [0.2, 0.25) is 5.02 Å². The molecule has 1 fully saturated rings. The zero-order valence-electron chi connectivity index (χ0n) is 10.3. The van der Waals surface area contributed by atoms with Crippen molar-refractivity contribution in [3.05, 3.63) is 28.8 Å². The highest BCUT2D eigenvalue weighted by atomic mass is 35.5. The summed E-state index contributed by atoms with van der Waals surface area (Å²) in [5, 5.41) is 3.93. The minimum atomic E-state index is -0.0458. The number of nitrogens with two attached hydrogens (primary N) is 1. The minimum absolute atomic E-state index is 0.0458. The average Bonchev–Trinajstić information content (AvgIpc) is 2.27. The van der Waals surface area contributed by atoms with Gasteiger partial charge in [0.2, 0.25) is 0 Å². The zero-order chi connectivity index (χ0) is 13.2. The number of rotatable bonds is 5. The van der Waals surface area contributed by atoms with Gasteiger partial charge in [-0.25, -0.2) is 0 Å². The molecule has 5 heteroatoms. The molecule has 18 heavy (non-hydrogen) atoms. The van der Waals surface area contributed by atoms with Crippen LogP contribution in [0.1, 0.15) is 24.8 Å². The quantitative estimate of drug-likeness (QED) is 0.816. The fraction of sp³-hybridized carbons (Fsp3) is 0.462. The van der Waals surface area contributed by atoms with Crippen molar-refractivity contribution in [2.24, 2.45) is 5.73 Å². The third kappa shape index (κ3) is 2.60. The van der Waals surface area contributed by atoms with E-state index in [4.69, 9.17) is 34.3 Å². The van der Waals surface area contributed by atoms with Gasteiger partial charge in [-0.3, -0.25) is 0 Å². The molecule has 0 atom stereocenters. The highest BCUT2D eigenvalue weighted by molar-refractivity contribution is 7.80. The predicted octanol–water partition coefficient (Wildman–Crippen LogP) is 2.96. The molecule has 1 aromatic carbocycles. The van der Waals surface area contributed by atoms with Gasteiger partial charge < -0.3 is 15.8 Å². The highest BCUT2D eigenvalue weighted by Crippen LogP contribution is 2.35. The van der Waals surface area contributed by atoms with Gasteiger partial charge in [-0.15, -0.1) is 0 Å². The van der Waals surface area contributed by atoms with Gasteiger partial charge in [-0.2, -0.15) is 0 Å². The maximum atomic E-state index is 6.12. The van der Waals surface area contributed by atoms with Crippen molar-refractivity contribution < 1.29 is 4.74 Å². The monoisotopic (exact) mass is 284 g/mol. The molecule has 3 N–H and O–H groups in total. The van der Waals surface area contributed by atoms with Crippen molar-refractivity contribution >= 4 is 34.5 Å². The van der Waals surface area contributed by atoms with E-state index in [1.165, 1.54) is 6.42 Å². The van der Waals surface area contributed by atoms with Crippen LogP contribution in [-0.4, -0.2) is 24.2 Å². The summed E-state index contributed by atoms with van der Waals surface area (Å²) in [4.78, 5) is 0.308. The lowest BCUT2D eigenvalue weighted by atomic mass is 9.80. The molecule has 2 rings (SSSR count). The fourth-order valence-corrected chi connectivity index (χ4v) is 2.75. The third-order valence-electron chi connectivity index (χ3n) is 3.56. The Bertz CT molecular complexity index is 455. The molecule has 0 aromatic heterocycles. The Morgan fingerprint density at radius 3 is 2.78 bits per heavy atom. The number of benzene rings is 1. The molecule has 1 aliphatic rings. The van der Waals surface area contributed by atoms with Gasteiger partial charge in [0.15, 0.2) is 0 Å². The number of thiocarbonyl (C=S) groups is 1. The molecule has 0 heterocycles. The Morgan fingerprint density at radius 1 is 1.56 bits per heavy atom. The molecular formula is C13H17ClN2OS. The second-order valence-corrected chi connectivity index (χ2v) is 5.47. The number of methoxy groups -OCH3 is 1. The van der Waals surface area contributed by atoms with Crippen molar-refractivity contribution in [3.8, 4) is 0 Å². The van der Waals surface area contributed by atoms with E-state index < -0.39 is 0 Å². The Morgan fingerprint density at radius 2 is 2.28 bits per heavy atom. The summed E-state index contributed by atoms with van der Waals surface area (Å²) in [5.74, 6) is 0. The average molecular weight is 285 g/mol. The van der Waals surface area contributed by atoms with Gasteiger partial charge in [0.05, 0.1) is 16.2 Å². The number of halogens is 1. The molecule has 0 spiro atoms. The molecule has 0 radical (unpaired) electrons. The van der Waals surface area contributed by atoms with Crippen molar-refractivity contribution in [2.45, 2.75) is 24.9 Å². The largest absolute Gasteiger partial charge is 0.389 e. The maximum absolute atomic E-state index is 6.12. The van der Waals surface area contributed by atoms with E-state index in [9.17, 15) is 0 Å². The van der Waals surface area contributed by atoms with E-state index in [0.29, 0.717) is 15.6 Å². The molecule has 3 nitrogen and oxygen atoms in total. The van der Waals surface area contributed by atoms with Crippen LogP contribution in [-0.2, 0) is 4.74 Å². The molecule has 0 aliphatic heterocycles. The number of hydrogen-bond acceptors (Lipinski definition) is 3. The normalized spacial score (nSPS) is 17.0. The topological polar surface area (TPSA) is 47.3 Å². The molecule has 0 bridgehead atoms. The van der Waals surface area contributed by atoms with Crippen molar-refractivity contribution in [1.29, 1.82) is 0 Å². The van der Waals surface area contributed by atoms with Gasteiger partial charge in [-0.05, 0) is 31.4 Å². The summed E-state index contributed by atoms with van der Waals surface area (Å²) in [6.07, 6.45) is 3.38. The zero-order valence-corrected chi connectivity index (χ0v) is 11.9. The molecule has 0 saturated heterocycles. The lowest BCUT2D eigenvalue weighted by molar-refractivity contribution is -0.0601. The van der Waals surface area contributed by atoms with Crippen LogP contribution in [0, 0.1) is 0 Å². The third-order valence-corrected chi connectivity index (χ3v) is 4.08. The summed E-state index contributed by atoms with van der Waals surface area (Å²) >= 11 is 11.2.